The normalized spacial score (nSPS) is 29.7. The minimum Gasteiger partial charge on any atom is -0.385 e. The molecule has 0 heterocycles. The van der Waals surface area contributed by atoms with Gasteiger partial charge in [0.15, 0.2) is 9.84 Å². The van der Waals surface area contributed by atoms with Crippen LogP contribution >= 0.6 is 0 Å². The third-order valence-corrected chi connectivity index (χ3v) is 6.39. The number of ether oxygens (including phenoxy) is 1. The Balaban J connectivity index is 2.66. The Hall–Kier alpha value is -0.130. The summed E-state index contributed by atoms with van der Waals surface area (Å²) in [6.45, 7) is 4.82. The summed E-state index contributed by atoms with van der Waals surface area (Å²) in [6, 6.07) is -0.187. The van der Waals surface area contributed by atoms with E-state index < -0.39 is 9.84 Å². The largest absolute Gasteiger partial charge is 0.385 e. The van der Waals surface area contributed by atoms with Crippen LogP contribution in [0.1, 0.15) is 39.5 Å². The van der Waals surface area contributed by atoms with Gasteiger partial charge in [-0.25, -0.2) is 8.42 Å². The molecule has 0 radical (unpaired) electrons. The van der Waals surface area contributed by atoms with Gasteiger partial charge in [0.2, 0.25) is 0 Å². The summed E-state index contributed by atoms with van der Waals surface area (Å²) in [5.74, 6) is 1.23. The summed E-state index contributed by atoms with van der Waals surface area (Å²) in [4.78, 5) is 0. The van der Waals surface area contributed by atoms with Crippen LogP contribution in [0.25, 0.3) is 0 Å². The third-order valence-electron chi connectivity index (χ3n) is 4.06. The Morgan fingerprint density at radius 3 is 2.56 bits per heavy atom. The third kappa shape index (κ3) is 4.21. The zero-order valence-electron chi connectivity index (χ0n) is 11.8. The number of hydrogen-bond donors (Lipinski definition) is 1. The standard InChI is InChI=1S/C13H27NO3S/c1-10(2)11-5-6-12(14)13(9-11)18(15,16)8-4-7-17-3/h10-13H,4-9,14H2,1-3H3. The van der Waals surface area contributed by atoms with Gasteiger partial charge < -0.3 is 10.5 Å². The van der Waals surface area contributed by atoms with Crippen molar-refractivity contribution in [3.05, 3.63) is 0 Å². The Bertz CT molecular complexity index is 340. The van der Waals surface area contributed by atoms with Crippen molar-refractivity contribution in [3.8, 4) is 0 Å². The quantitative estimate of drug-likeness (QED) is 0.749. The molecule has 18 heavy (non-hydrogen) atoms. The lowest BCUT2D eigenvalue weighted by atomic mass is 9.79. The highest BCUT2D eigenvalue weighted by atomic mass is 32.2. The first-order valence-electron chi connectivity index (χ1n) is 6.84. The topological polar surface area (TPSA) is 69.4 Å². The number of methoxy groups -OCH3 is 1. The molecule has 108 valence electrons. The molecule has 0 aromatic rings. The number of sulfone groups is 1. The Morgan fingerprint density at radius 2 is 2.00 bits per heavy atom. The lowest BCUT2D eigenvalue weighted by molar-refractivity contribution is 0.199. The van der Waals surface area contributed by atoms with Crippen molar-refractivity contribution in [2.24, 2.45) is 17.6 Å². The van der Waals surface area contributed by atoms with E-state index in [-0.39, 0.29) is 17.0 Å². The van der Waals surface area contributed by atoms with Crippen molar-refractivity contribution < 1.29 is 13.2 Å². The molecule has 3 unspecified atom stereocenters. The van der Waals surface area contributed by atoms with Gasteiger partial charge in [0, 0.05) is 19.8 Å². The average Bonchev–Trinajstić information content (AvgIpc) is 2.29. The second kappa shape index (κ2) is 6.87. The van der Waals surface area contributed by atoms with Crippen molar-refractivity contribution in [2.45, 2.75) is 50.8 Å². The van der Waals surface area contributed by atoms with Crippen molar-refractivity contribution in [3.63, 3.8) is 0 Å². The highest BCUT2D eigenvalue weighted by molar-refractivity contribution is 7.92. The molecule has 1 aliphatic carbocycles. The predicted molar refractivity (Wildman–Crippen MR) is 74.2 cm³/mol. The van der Waals surface area contributed by atoms with Gasteiger partial charge in [0.1, 0.15) is 0 Å². The molecule has 3 atom stereocenters. The molecular weight excluding hydrogens is 250 g/mol. The van der Waals surface area contributed by atoms with Crippen LogP contribution < -0.4 is 5.73 Å². The molecule has 0 aliphatic heterocycles. The van der Waals surface area contributed by atoms with Gasteiger partial charge >= 0.3 is 0 Å². The SMILES string of the molecule is COCCCS(=O)(=O)C1CC(C(C)C)CCC1N. The Kier molecular flexibility index (Phi) is 6.08. The summed E-state index contributed by atoms with van der Waals surface area (Å²) in [6.07, 6.45) is 3.18. The Labute approximate surface area is 111 Å². The fourth-order valence-electron chi connectivity index (χ4n) is 2.76. The predicted octanol–water partition coefficient (Wildman–Crippen LogP) is 1.59. The summed E-state index contributed by atoms with van der Waals surface area (Å²) in [5, 5.41) is -0.351. The molecule has 0 aromatic carbocycles. The maximum absolute atomic E-state index is 12.3. The first-order valence-corrected chi connectivity index (χ1v) is 8.56. The van der Waals surface area contributed by atoms with E-state index in [1.807, 2.05) is 0 Å². The van der Waals surface area contributed by atoms with E-state index >= 15 is 0 Å². The highest BCUT2D eigenvalue weighted by Crippen LogP contribution is 2.33. The summed E-state index contributed by atoms with van der Waals surface area (Å²) in [7, 11) is -1.49. The number of rotatable bonds is 6. The highest BCUT2D eigenvalue weighted by Gasteiger charge is 2.37. The second-order valence-corrected chi connectivity index (χ2v) is 8.07. The van der Waals surface area contributed by atoms with Crippen molar-refractivity contribution in [1.82, 2.24) is 0 Å². The van der Waals surface area contributed by atoms with Crippen LogP contribution in [-0.4, -0.2) is 39.2 Å². The maximum atomic E-state index is 12.3. The van der Waals surface area contributed by atoms with E-state index in [4.69, 9.17) is 10.5 Å². The van der Waals surface area contributed by atoms with Crippen LogP contribution in [-0.2, 0) is 14.6 Å². The van der Waals surface area contributed by atoms with Crippen LogP contribution in [0.15, 0.2) is 0 Å². The van der Waals surface area contributed by atoms with Crippen LogP contribution in [0, 0.1) is 11.8 Å². The van der Waals surface area contributed by atoms with E-state index in [0.29, 0.717) is 24.9 Å². The zero-order valence-corrected chi connectivity index (χ0v) is 12.6. The Morgan fingerprint density at radius 1 is 1.33 bits per heavy atom. The fraction of sp³-hybridized carbons (Fsp3) is 1.00. The molecule has 0 amide bonds. The summed E-state index contributed by atoms with van der Waals surface area (Å²) < 4.78 is 29.5. The van der Waals surface area contributed by atoms with Gasteiger partial charge in [-0.05, 0) is 37.5 Å². The molecule has 2 N–H and O–H groups in total. The van der Waals surface area contributed by atoms with Crippen LogP contribution in [0.3, 0.4) is 0 Å². The van der Waals surface area contributed by atoms with Gasteiger partial charge in [-0.1, -0.05) is 13.8 Å². The molecule has 1 fully saturated rings. The lowest BCUT2D eigenvalue weighted by Gasteiger charge is -2.35. The van der Waals surface area contributed by atoms with E-state index in [1.54, 1.807) is 7.11 Å². The van der Waals surface area contributed by atoms with E-state index in [0.717, 1.165) is 19.3 Å². The molecule has 1 rings (SSSR count). The summed E-state index contributed by atoms with van der Waals surface area (Å²) >= 11 is 0. The lowest BCUT2D eigenvalue weighted by Crippen LogP contribution is -2.46. The van der Waals surface area contributed by atoms with E-state index in [9.17, 15) is 8.42 Å². The van der Waals surface area contributed by atoms with Gasteiger partial charge in [-0.2, -0.15) is 0 Å². The first-order chi connectivity index (χ1) is 8.38. The summed E-state index contributed by atoms with van der Waals surface area (Å²) in [5.41, 5.74) is 6.02. The van der Waals surface area contributed by atoms with Gasteiger partial charge in [0.05, 0.1) is 11.0 Å². The molecule has 0 aromatic heterocycles. The minimum atomic E-state index is -3.08. The number of hydrogen-bond acceptors (Lipinski definition) is 4. The molecular formula is C13H27NO3S. The van der Waals surface area contributed by atoms with Crippen LogP contribution in [0.5, 0.6) is 0 Å². The van der Waals surface area contributed by atoms with E-state index in [1.165, 1.54) is 0 Å². The molecule has 0 spiro atoms. The van der Waals surface area contributed by atoms with Crippen LogP contribution in [0.2, 0.25) is 0 Å². The van der Waals surface area contributed by atoms with Crippen molar-refractivity contribution >= 4 is 9.84 Å². The molecule has 4 nitrogen and oxygen atoms in total. The molecule has 0 saturated heterocycles. The average molecular weight is 277 g/mol. The molecule has 1 saturated carbocycles. The van der Waals surface area contributed by atoms with Crippen molar-refractivity contribution in [1.29, 1.82) is 0 Å². The fourth-order valence-corrected chi connectivity index (χ4v) is 4.79. The maximum Gasteiger partial charge on any atom is 0.154 e. The smallest absolute Gasteiger partial charge is 0.154 e. The first kappa shape index (κ1) is 15.9. The minimum absolute atomic E-state index is 0.187. The van der Waals surface area contributed by atoms with Gasteiger partial charge in [-0.15, -0.1) is 0 Å². The monoisotopic (exact) mass is 277 g/mol. The molecule has 5 heteroatoms. The second-order valence-electron chi connectivity index (χ2n) is 5.73. The zero-order chi connectivity index (χ0) is 13.8. The number of nitrogens with two attached hydrogens (primary N) is 1. The van der Waals surface area contributed by atoms with Gasteiger partial charge in [-0.3, -0.25) is 0 Å². The van der Waals surface area contributed by atoms with E-state index in [2.05, 4.69) is 13.8 Å². The molecule has 1 aliphatic rings. The van der Waals surface area contributed by atoms with Gasteiger partial charge in [0.25, 0.3) is 0 Å². The molecule has 0 bridgehead atoms. The van der Waals surface area contributed by atoms with Crippen molar-refractivity contribution in [2.75, 3.05) is 19.5 Å². The van der Waals surface area contributed by atoms with Crippen LogP contribution in [0.4, 0.5) is 0 Å².